The normalized spacial score (nSPS) is 29.8. The third kappa shape index (κ3) is 3.63. The Hall–Kier alpha value is -0.280. The van der Waals surface area contributed by atoms with Gasteiger partial charge in [0.05, 0.1) is 0 Å². The minimum absolute atomic E-state index is 0. The maximum atomic E-state index is 12.0. The van der Waals surface area contributed by atoms with Gasteiger partial charge in [-0.3, -0.25) is 4.79 Å². The van der Waals surface area contributed by atoms with E-state index in [9.17, 15) is 4.79 Å². The molecule has 1 aliphatic heterocycles. The van der Waals surface area contributed by atoms with E-state index in [1.165, 1.54) is 12.8 Å². The second-order valence-corrected chi connectivity index (χ2v) is 5.19. The molecule has 2 fully saturated rings. The third-order valence-corrected chi connectivity index (χ3v) is 3.55. The molecule has 1 heterocycles. The molecule has 1 N–H and O–H groups in total. The summed E-state index contributed by atoms with van der Waals surface area (Å²) in [7, 11) is 0. The van der Waals surface area contributed by atoms with Crippen LogP contribution < -0.4 is 5.32 Å². The lowest BCUT2D eigenvalue weighted by atomic mass is 10.1. The van der Waals surface area contributed by atoms with E-state index >= 15 is 0 Å². The molecular formula is C12H23ClN2O. The van der Waals surface area contributed by atoms with E-state index in [-0.39, 0.29) is 12.4 Å². The lowest BCUT2D eigenvalue weighted by molar-refractivity contribution is -0.134. The van der Waals surface area contributed by atoms with E-state index in [2.05, 4.69) is 24.1 Å². The van der Waals surface area contributed by atoms with Crippen molar-refractivity contribution < 1.29 is 4.79 Å². The monoisotopic (exact) mass is 246 g/mol. The Balaban J connectivity index is 0.00000128. The van der Waals surface area contributed by atoms with Gasteiger partial charge in [-0.2, -0.15) is 0 Å². The molecule has 2 unspecified atom stereocenters. The molecule has 94 valence electrons. The van der Waals surface area contributed by atoms with Gasteiger partial charge in [-0.1, -0.05) is 12.8 Å². The minimum Gasteiger partial charge on any atom is -0.337 e. The molecule has 0 spiro atoms. The van der Waals surface area contributed by atoms with Gasteiger partial charge >= 0.3 is 0 Å². The van der Waals surface area contributed by atoms with E-state index in [4.69, 9.17) is 0 Å². The molecular weight excluding hydrogens is 224 g/mol. The summed E-state index contributed by atoms with van der Waals surface area (Å²) >= 11 is 0. The van der Waals surface area contributed by atoms with Gasteiger partial charge in [0.2, 0.25) is 5.91 Å². The fourth-order valence-corrected chi connectivity index (χ4v) is 2.25. The van der Waals surface area contributed by atoms with Crippen LogP contribution in [0, 0.1) is 5.92 Å². The SMILES string of the molecule is CC1CN(C(=O)CCC2CC2)C(C)CN1.Cl. The van der Waals surface area contributed by atoms with Crippen molar-refractivity contribution in [2.75, 3.05) is 13.1 Å². The number of hydrogen-bond donors (Lipinski definition) is 1. The average Bonchev–Trinajstić information content (AvgIpc) is 3.02. The quantitative estimate of drug-likeness (QED) is 0.824. The van der Waals surface area contributed by atoms with Crippen molar-refractivity contribution in [3.8, 4) is 0 Å². The lowest BCUT2D eigenvalue weighted by Gasteiger charge is -2.37. The third-order valence-electron chi connectivity index (χ3n) is 3.55. The number of carbonyl (C=O) groups is 1. The number of nitrogens with zero attached hydrogens (tertiary/aromatic N) is 1. The first-order chi connectivity index (χ1) is 7.16. The summed E-state index contributed by atoms with van der Waals surface area (Å²) in [6.07, 6.45) is 4.58. The second kappa shape index (κ2) is 5.87. The highest BCUT2D eigenvalue weighted by Crippen LogP contribution is 2.33. The Labute approximate surface area is 104 Å². The van der Waals surface area contributed by atoms with Crippen molar-refractivity contribution in [1.29, 1.82) is 0 Å². The van der Waals surface area contributed by atoms with Gasteiger partial charge in [0.25, 0.3) is 0 Å². The molecule has 3 nitrogen and oxygen atoms in total. The summed E-state index contributed by atoms with van der Waals surface area (Å²) in [6, 6.07) is 0.818. The molecule has 2 atom stereocenters. The van der Waals surface area contributed by atoms with Crippen LogP contribution in [0.15, 0.2) is 0 Å². The van der Waals surface area contributed by atoms with Crippen molar-refractivity contribution in [2.24, 2.45) is 5.92 Å². The van der Waals surface area contributed by atoms with Crippen molar-refractivity contribution in [3.05, 3.63) is 0 Å². The number of hydrogen-bond acceptors (Lipinski definition) is 2. The molecule has 0 radical (unpaired) electrons. The predicted molar refractivity (Wildman–Crippen MR) is 67.8 cm³/mol. The van der Waals surface area contributed by atoms with Gasteiger partial charge in [-0.05, 0) is 26.2 Å². The zero-order chi connectivity index (χ0) is 10.8. The van der Waals surface area contributed by atoms with Crippen molar-refractivity contribution in [2.45, 2.75) is 51.6 Å². The summed E-state index contributed by atoms with van der Waals surface area (Å²) in [6.45, 7) is 6.10. The minimum atomic E-state index is 0. The lowest BCUT2D eigenvalue weighted by Crippen LogP contribution is -2.56. The van der Waals surface area contributed by atoms with Gasteiger partial charge in [0, 0.05) is 31.6 Å². The van der Waals surface area contributed by atoms with Crippen LogP contribution in [0.25, 0.3) is 0 Å². The van der Waals surface area contributed by atoms with Crippen LogP contribution in [0.1, 0.15) is 39.5 Å². The highest BCUT2D eigenvalue weighted by atomic mass is 35.5. The molecule has 0 aromatic rings. The molecule has 1 saturated carbocycles. The zero-order valence-corrected chi connectivity index (χ0v) is 11.1. The molecule has 0 aromatic heterocycles. The highest BCUT2D eigenvalue weighted by molar-refractivity contribution is 5.85. The Morgan fingerprint density at radius 2 is 2.06 bits per heavy atom. The Kier molecular flexibility index (Phi) is 5.06. The zero-order valence-electron chi connectivity index (χ0n) is 10.2. The molecule has 16 heavy (non-hydrogen) atoms. The number of amides is 1. The standard InChI is InChI=1S/C12H22N2O.ClH/c1-9-8-14(10(2)7-13-9)12(15)6-5-11-3-4-11;/h9-11,13H,3-8H2,1-2H3;1H. The fourth-order valence-electron chi connectivity index (χ4n) is 2.25. The van der Waals surface area contributed by atoms with E-state index in [0.717, 1.165) is 31.8 Å². The van der Waals surface area contributed by atoms with Crippen molar-refractivity contribution in [1.82, 2.24) is 10.2 Å². The van der Waals surface area contributed by atoms with Crippen LogP contribution in [0.2, 0.25) is 0 Å². The summed E-state index contributed by atoms with van der Waals surface area (Å²) in [5.74, 6) is 1.23. The summed E-state index contributed by atoms with van der Waals surface area (Å²) < 4.78 is 0. The van der Waals surface area contributed by atoms with Gasteiger partial charge in [-0.15, -0.1) is 12.4 Å². The Morgan fingerprint density at radius 3 is 2.69 bits per heavy atom. The van der Waals surface area contributed by atoms with Crippen molar-refractivity contribution >= 4 is 18.3 Å². The Bertz CT molecular complexity index is 243. The smallest absolute Gasteiger partial charge is 0.222 e. The summed E-state index contributed by atoms with van der Waals surface area (Å²) in [5.41, 5.74) is 0. The molecule has 1 aliphatic carbocycles. The van der Waals surface area contributed by atoms with E-state index in [0.29, 0.717) is 18.0 Å². The number of rotatable bonds is 3. The predicted octanol–water partition coefficient (Wildman–Crippen LogP) is 1.81. The van der Waals surface area contributed by atoms with Gasteiger partial charge < -0.3 is 10.2 Å². The van der Waals surface area contributed by atoms with E-state index < -0.39 is 0 Å². The van der Waals surface area contributed by atoms with E-state index in [1.807, 2.05) is 0 Å². The largest absolute Gasteiger partial charge is 0.337 e. The number of nitrogens with one attached hydrogen (secondary N) is 1. The number of halogens is 1. The highest BCUT2D eigenvalue weighted by Gasteiger charge is 2.28. The van der Waals surface area contributed by atoms with Gasteiger partial charge in [-0.25, -0.2) is 0 Å². The van der Waals surface area contributed by atoms with Crippen LogP contribution in [0.4, 0.5) is 0 Å². The first-order valence-electron chi connectivity index (χ1n) is 6.19. The molecule has 0 aromatic carbocycles. The Morgan fingerprint density at radius 1 is 1.38 bits per heavy atom. The maximum absolute atomic E-state index is 12.0. The van der Waals surface area contributed by atoms with Crippen LogP contribution in [0.5, 0.6) is 0 Å². The number of piperazine rings is 1. The second-order valence-electron chi connectivity index (χ2n) is 5.19. The topological polar surface area (TPSA) is 32.3 Å². The van der Waals surface area contributed by atoms with Crippen LogP contribution >= 0.6 is 12.4 Å². The first-order valence-corrected chi connectivity index (χ1v) is 6.19. The average molecular weight is 247 g/mol. The molecule has 1 amide bonds. The van der Waals surface area contributed by atoms with Crippen molar-refractivity contribution in [3.63, 3.8) is 0 Å². The molecule has 1 saturated heterocycles. The molecule has 0 bridgehead atoms. The van der Waals surface area contributed by atoms with Gasteiger partial charge in [0.15, 0.2) is 0 Å². The van der Waals surface area contributed by atoms with E-state index in [1.54, 1.807) is 0 Å². The first kappa shape index (κ1) is 13.8. The summed E-state index contributed by atoms with van der Waals surface area (Å²) in [4.78, 5) is 14.0. The number of carbonyl (C=O) groups excluding carboxylic acids is 1. The maximum Gasteiger partial charge on any atom is 0.222 e. The fraction of sp³-hybridized carbons (Fsp3) is 0.917. The van der Waals surface area contributed by atoms with Crippen LogP contribution in [-0.2, 0) is 4.79 Å². The molecule has 2 rings (SSSR count). The molecule has 2 aliphatic rings. The van der Waals surface area contributed by atoms with Crippen LogP contribution in [0.3, 0.4) is 0 Å². The van der Waals surface area contributed by atoms with Crippen LogP contribution in [-0.4, -0.2) is 36.0 Å². The summed E-state index contributed by atoms with van der Waals surface area (Å²) in [5, 5.41) is 3.40. The molecule has 4 heteroatoms. The van der Waals surface area contributed by atoms with Gasteiger partial charge in [0.1, 0.15) is 0 Å².